The van der Waals surface area contributed by atoms with Crippen molar-refractivity contribution >= 4 is 46.8 Å². The second-order valence-electron chi connectivity index (χ2n) is 5.74. The number of hydrogen-bond donors (Lipinski definition) is 2. The first-order chi connectivity index (χ1) is 11.9. The Hall–Kier alpha value is -1.52. The maximum absolute atomic E-state index is 12.2. The molecular formula is C19H20Cl3N2O+. The molecule has 0 aliphatic heterocycles. The van der Waals surface area contributed by atoms with E-state index in [9.17, 15) is 4.79 Å². The standard InChI is InChI=1S/C19H19Cl3N2O/c1-24(14-16-10-6-3-7-11-16)18(19(20,21)22)23-17(25)13-12-15-8-4-2-5-9-15/h2-13,18H,14H2,1H3,(H,23,25)/p+1/b13-12+/t18-/m0/s1. The van der Waals surface area contributed by atoms with Gasteiger partial charge in [0.15, 0.2) is 0 Å². The first-order valence-electron chi connectivity index (χ1n) is 7.83. The minimum absolute atomic E-state index is 0.312. The number of quaternary nitrogens is 1. The predicted octanol–water partition coefficient (Wildman–Crippen LogP) is 3.23. The summed E-state index contributed by atoms with van der Waals surface area (Å²) in [6.07, 6.45) is 2.47. The fraction of sp³-hybridized carbons (Fsp3) is 0.211. The molecule has 2 aromatic carbocycles. The van der Waals surface area contributed by atoms with Crippen LogP contribution in [0.5, 0.6) is 0 Å². The van der Waals surface area contributed by atoms with Crippen molar-refractivity contribution in [3.05, 3.63) is 77.9 Å². The molecule has 0 saturated carbocycles. The van der Waals surface area contributed by atoms with Crippen LogP contribution in [0.1, 0.15) is 11.1 Å². The monoisotopic (exact) mass is 397 g/mol. The van der Waals surface area contributed by atoms with Gasteiger partial charge in [0.1, 0.15) is 6.54 Å². The van der Waals surface area contributed by atoms with Crippen LogP contribution in [-0.2, 0) is 11.3 Å². The molecule has 0 aliphatic carbocycles. The smallest absolute Gasteiger partial charge is 0.262 e. The van der Waals surface area contributed by atoms with E-state index in [2.05, 4.69) is 5.32 Å². The largest absolute Gasteiger partial charge is 0.310 e. The number of hydrogen-bond acceptors (Lipinski definition) is 1. The molecule has 1 unspecified atom stereocenters. The summed E-state index contributed by atoms with van der Waals surface area (Å²) in [4.78, 5) is 13.1. The summed E-state index contributed by atoms with van der Waals surface area (Å²) in [5.41, 5.74) is 2.02. The van der Waals surface area contributed by atoms with Crippen LogP contribution in [0.25, 0.3) is 6.08 Å². The molecular weight excluding hydrogens is 379 g/mol. The Balaban J connectivity index is 2.04. The molecule has 0 aliphatic rings. The van der Waals surface area contributed by atoms with Crippen LogP contribution in [0.15, 0.2) is 66.7 Å². The van der Waals surface area contributed by atoms with E-state index in [1.54, 1.807) is 6.08 Å². The SMILES string of the molecule is C[NH+](Cc1ccccc1)[C@H](NC(=O)/C=C/c1ccccc1)C(Cl)(Cl)Cl. The van der Waals surface area contributed by atoms with Crippen molar-refractivity contribution in [2.45, 2.75) is 16.5 Å². The van der Waals surface area contributed by atoms with Crippen molar-refractivity contribution in [1.29, 1.82) is 0 Å². The van der Waals surface area contributed by atoms with Gasteiger partial charge in [-0.1, -0.05) is 95.5 Å². The van der Waals surface area contributed by atoms with E-state index < -0.39 is 9.96 Å². The Kier molecular flexibility index (Phi) is 7.33. The number of alkyl halides is 3. The second kappa shape index (κ2) is 9.25. The Labute approximate surface area is 163 Å². The number of rotatable bonds is 6. The lowest BCUT2D eigenvalue weighted by atomic mass is 10.2. The zero-order valence-electron chi connectivity index (χ0n) is 13.8. The molecule has 0 fully saturated rings. The third-order valence-corrected chi connectivity index (χ3v) is 4.31. The van der Waals surface area contributed by atoms with Crippen LogP contribution in [0.2, 0.25) is 0 Å². The highest BCUT2D eigenvalue weighted by Crippen LogP contribution is 2.27. The lowest BCUT2D eigenvalue weighted by molar-refractivity contribution is -0.921. The molecule has 3 nitrogen and oxygen atoms in total. The Morgan fingerprint density at radius 3 is 2.20 bits per heavy atom. The van der Waals surface area contributed by atoms with Gasteiger partial charge < -0.3 is 4.90 Å². The van der Waals surface area contributed by atoms with Crippen LogP contribution in [0.4, 0.5) is 0 Å². The maximum Gasteiger partial charge on any atom is 0.262 e. The van der Waals surface area contributed by atoms with E-state index in [0.717, 1.165) is 16.0 Å². The van der Waals surface area contributed by atoms with Crippen LogP contribution in [0, 0.1) is 0 Å². The van der Waals surface area contributed by atoms with Crippen molar-refractivity contribution < 1.29 is 9.69 Å². The van der Waals surface area contributed by atoms with Crippen LogP contribution >= 0.6 is 34.8 Å². The van der Waals surface area contributed by atoms with Crippen molar-refractivity contribution in [3.63, 3.8) is 0 Å². The van der Waals surface area contributed by atoms with Gasteiger partial charge in [-0.25, -0.2) is 0 Å². The molecule has 2 atom stereocenters. The number of carbonyl (C=O) groups excluding carboxylic acids is 1. The highest BCUT2D eigenvalue weighted by Gasteiger charge is 2.40. The van der Waals surface area contributed by atoms with E-state index in [4.69, 9.17) is 34.8 Å². The molecule has 0 saturated heterocycles. The van der Waals surface area contributed by atoms with E-state index in [1.807, 2.05) is 67.7 Å². The van der Waals surface area contributed by atoms with Crippen molar-refractivity contribution in [1.82, 2.24) is 5.32 Å². The summed E-state index contributed by atoms with van der Waals surface area (Å²) in [5.74, 6) is -0.312. The normalized spacial score (nSPS) is 14.2. The molecule has 6 heteroatoms. The third-order valence-electron chi connectivity index (χ3n) is 3.66. The van der Waals surface area contributed by atoms with Gasteiger partial charge in [-0.15, -0.1) is 0 Å². The lowest BCUT2D eigenvalue weighted by Gasteiger charge is -2.30. The van der Waals surface area contributed by atoms with Gasteiger partial charge in [0.2, 0.25) is 12.1 Å². The van der Waals surface area contributed by atoms with Crippen LogP contribution < -0.4 is 10.2 Å². The highest BCUT2D eigenvalue weighted by molar-refractivity contribution is 6.68. The zero-order chi connectivity index (χ0) is 18.3. The van der Waals surface area contributed by atoms with Crippen LogP contribution in [0.3, 0.4) is 0 Å². The molecule has 0 spiro atoms. The number of benzene rings is 2. The fourth-order valence-corrected chi connectivity index (χ4v) is 3.15. The molecule has 1 amide bonds. The van der Waals surface area contributed by atoms with Gasteiger partial charge >= 0.3 is 0 Å². The lowest BCUT2D eigenvalue weighted by Crippen LogP contribution is -3.15. The Morgan fingerprint density at radius 2 is 1.64 bits per heavy atom. The first-order valence-corrected chi connectivity index (χ1v) is 8.96. The molecule has 2 aromatic rings. The zero-order valence-corrected chi connectivity index (χ0v) is 16.0. The molecule has 0 bridgehead atoms. The molecule has 0 heterocycles. The fourth-order valence-electron chi connectivity index (χ4n) is 2.43. The van der Waals surface area contributed by atoms with Crippen LogP contribution in [-0.4, -0.2) is 22.9 Å². The number of halogens is 3. The predicted molar refractivity (Wildman–Crippen MR) is 105 cm³/mol. The molecule has 2 N–H and O–H groups in total. The summed E-state index contributed by atoms with van der Waals surface area (Å²) in [6, 6.07) is 19.4. The van der Waals surface area contributed by atoms with Gasteiger partial charge in [0.05, 0.1) is 7.05 Å². The Morgan fingerprint density at radius 1 is 1.08 bits per heavy atom. The molecule has 0 radical (unpaired) electrons. The van der Waals surface area contributed by atoms with E-state index in [-0.39, 0.29) is 5.91 Å². The van der Waals surface area contributed by atoms with Gasteiger partial charge in [-0.3, -0.25) is 10.1 Å². The number of amides is 1. The van der Waals surface area contributed by atoms with Crippen molar-refractivity contribution in [2.24, 2.45) is 0 Å². The third kappa shape index (κ3) is 6.71. The summed E-state index contributed by atoms with van der Waals surface area (Å²) in [5, 5.41) is 2.79. The average Bonchev–Trinajstić information content (AvgIpc) is 2.58. The first kappa shape index (κ1) is 19.8. The summed E-state index contributed by atoms with van der Waals surface area (Å²) in [7, 11) is 1.88. The topological polar surface area (TPSA) is 33.5 Å². The van der Waals surface area contributed by atoms with Crippen molar-refractivity contribution in [3.8, 4) is 0 Å². The van der Waals surface area contributed by atoms with Gasteiger partial charge in [-0.2, -0.15) is 0 Å². The van der Waals surface area contributed by atoms with Gasteiger partial charge in [0.25, 0.3) is 3.79 Å². The second-order valence-corrected chi connectivity index (χ2v) is 8.10. The van der Waals surface area contributed by atoms with Gasteiger partial charge in [-0.05, 0) is 11.6 Å². The number of carbonyl (C=O) groups is 1. The maximum atomic E-state index is 12.2. The van der Waals surface area contributed by atoms with E-state index >= 15 is 0 Å². The number of nitrogens with one attached hydrogen (secondary N) is 2. The summed E-state index contributed by atoms with van der Waals surface area (Å²) >= 11 is 18.3. The summed E-state index contributed by atoms with van der Waals surface area (Å²) < 4.78 is -1.63. The minimum Gasteiger partial charge on any atom is -0.310 e. The van der Waals surface area contributed by atoms with Gasteiger partial charge in [0, 0.05) is 11.6 Å². The molecule has 0 aromatic heterocycles. The minimum atomic E-state index is -1.63. The van der Waals surface area contributed by atoms with E-state index in [0.29, 0.717) is 6.54 Å². The van der Waals surface area contributed by atoms with Crippen molar-refractivity contribution in [2.75, 3.05) is 7.05 Å². The summed E-state index contributed by atoms with van der Waals surface area (Å²) in [6.45, 7) is 0.613. The Bertz CT molecular complexity index is 700. The van der Waals surface area contributed by atoms with E-state index in [1.165, 1.54) is 6.08 Å². The molecule has 25 heavy (non-hydrogen) atoms. The quantitative estimate of drug-likeness (QED) is 0.437. The molecule has 2 rings (SSSR count). The highest BCUT2D eigenvalue weighted by atomic mass is 35.6. The average molecular weight is 399 g/mol. The molecule has 132 valence electrons.